The average molecular weight is 403 g/mol. The van der Waals surface area contributed by atoms with Crippen LogP contribution in [-0.4, -0.2) is 17.7 Å². The number of rotatable bonds is 4. The zero-order valence-electron chi connectivity index (χ0n) is 13.5. The normalized spacial score (nSPS) is 11.0. The Labute approximate surface area is 158 Å². The Morgan fingerprint density at radius 3 is 2.38 bits per heavy atom. The summed E-state index contributed by atoms with van der Waals surface area (Å²) < 4.78 is 43.2. The average Bonchev–Trinajstić information content (AvgIpc) is 2.56. The van der Waals surface area contributed by atoms with Gasteiger partial charge in [0.25, 0.3) is 0 Å². The van der Waals surface area contributed by atoms with Gasteiger partial charge in [0, 0.05) is 5.69 Å². The largest absolute Gasteiger partial charge is 0.462 e. The van der Waals surface area contributed by atoms with Gasteiger partial charge in [-0.3, -0.25) is 0 Å². The second-order valence-electron chi connectivity index (χ2n) is 5.07. The van der Waals surface area contributed by atoms with Crippen molar-refractivity contribution in [3.63, 3.8) is 0 Å². The van der Waals surface area contributed by atoms with Crippen LogP contribution in [-0.2, 0) is 10.9 Å². The fourth-order valence-corrected chi connectivity index (χ4v) is 2.38. The quantitative estimate of drug-likeness (QED) is 0.533. The van der Waals surface area contributed by atoms with Gasteiger partial charge in [0.2, 0.25) is 0 Å². The van der Waals surface area contributed by atoms with E-state index in [0.29, 0.717) is 11.3 Å². The van der Waals surface area contributed by atoms with Crippen LogP contribution in [0.5, 0.6) is 0 Å². The van der Waals surface area contributed by atoms with Crippen molar-refractivity contribution in [1.29, 1.82) is 0 Å². The highest BCUT2D eigenvalue weighted by molar-refractivity contribution is 7.80. The van der Waals surface area contributed by atoms with Crippen molar-refractivity contribution < 1.29 is 22.7 Å². The van der Waals surface area contributed by atoms with Crippen molar-refractivity contribution >= 4 is 46.3 Å². The molecule has 4 nitrogen and oxygen atoms in total. The first kappa shape index (κ1) is 20.0. The number of hydrogen-bond acceptors (Lipinski definition) is 3. The molecule has 26 heavy (non-hydrogen) atoms. The topological polar surface area (TPSA) is 50.4 Å². The van der Waals surface area contributed by atoms with Crippen LogP contribution >= 0.6 is 23.8 Å². The lowest BCUT2D eigenvalue weighted by molar-refractivity contribution is -0.137. The fraction of sp³-hybridized carbons (Fsp3) is 0.176. The van der Waals surface area contributed by atoms with E-state index in [9.17, 15) is 18.0 Å². The smallest absolute Gasteiger partial charge is 0.416 e. The number of thiocarbonyl (C=S) groups is 1. The zero-order valence-corrected chi connectivity index (χ0v) is 15.1. The molecule has 138 valence electrons. The highest BCUT2D eigenvalue weighted by Gasteiger charge is 2.31. The maximum absolute atomic E-state index is 12.8. The summed E-state index contributed by atoms with van der Waals surface area (Å²) in [6.45, 7) is 1.97. The van der Waals surface area contributed by atoms with Crippen molar-refractivity contribution in [3.05, 3.63) is 58.6 Å². The van der Waals surface area contributed by atoms with Gasteiger partial charge >= 0.3 is 12.1 Å². The van der Waals surface area contributed by atoms with Gasteiger partial charge in [0.05, 0.1) is 28.4 Å². The minimum absolute atomic E-state index is 0.0298. The van der Waals surface area contributed by atoms with Gasteiger partial charge in [0.1, 0.15) is 0 Å². The van der Waals surface area contributed by atoms with E-state index in [0.717, 1.165) is 18.2 Å². The van der Waals surface area contributed by atoms with Gasteiger partial charge in [-0.2, -0.15) is 13.2 Å². The van der Waals surface area contributed by atoms with Crippen LogP contribution in [0.4, 0.5) is 24.5 Å². The molecular weight excluding hydrogens is 389 g/mol. The molecule has 0 saturated heterocycles. The Bertz CT molecular complexity index is 811. The number of esters is 1. The van der Waals surface area contributed by atoms with Crippen LogP contribution in [0.25, 0.3) is 0 Å². The van der Waals surface area contributed by atoms with E-state index in [1.807, 2.05) is 0 Å². The first-order chi connectivity index (χ1) is 12.2. The highest BCUT2D eigenvalue weighted by atomic mass is 35.5. The van der Waals surface area contributed by atoms with Crippen LogP contribution in [0.3, 0.4) is 0 Å². The Kier molecular flexibility index (Phi) is 6.44. The molecular formula is C17H14ClF3N2O2S. The third-order valence-electron chi connectivity index (χ3n) is 3.20. The molecule has 0 unspecified atom stereocenters. The Morgan fingerprint density at radius 1 is 1.15 bits per heavy atom. The second-order valence-corrected chi connectivity index (χ2v) is 5.88. The highest BCUT2D eigenvalue weighted by Crippen LogP contribution is 2.33. The summed E-state index contributed by atoms with van der Waals surface area (Å²) in [7, 11) is 0. The summed E-state index contributed by atoms with van der Waals surface area (Å²) in [5.41, 5.74) is 0.101. The number of carbonyl (C=O) groups excluding carboxylic acids is 1. The van der Waals surface area contributed by atoms with Gasteiger partial charge in [0.15, 0.2) is 5.11 Å². The van der Waals surface area contributed by atoms with Crippen molar-refractivity contribution in [2.24, 2.45) is 0 Å². The summed E-state index contributed by atoms with van der Waals surface area (Å²) in [6.07, 6.45) is -4.49. The molecule has 2 rings (SSSR count). The van der Waals surface area contributed by atoms with Crippen LogP contribution < -0.4 is 10.6 Å². The number of hydrogen-bond donors (Lipinski definition) is 2. The molecule has 2 aromatic rings. The molecule has 0 aliphatic rings. The molecule has 2 aromatic carbocycles. The van der Waals surface area contributed by atoms with E-state index in [1.165, 1.54) is 0 Å². The lowest BCUT2D eigenvalue weighted by Crippen LogP contribution is -2.20. The lowest BCUT2D eigenvalue weighted by Gasteiger charge is -2.14. The predicted octanol–water partition coefficient (Wildman–Crippen LogP) is 5.34. The molecule has 0 aromatic heterocycles. The molecule has 2 N–H and O–H groups in total. The lowest BCUT2D eigenvalue weighted by atomic mass is 10.2. The van der Waals surface area contributed by atoms with Gasteiger partial charge in [-0.15, -0.1) is 0 Å². The van der Waals surface area contributed by atoms with Crippen molar-refractivity contribution in [2.45, 2.75) is 13.1 Å². The van der Waals surface area contributed by atoms with Gasteiger partial charge in [-0.05, 0) is 61.6 Å². The molecule has 0 aliphatic carbocycles. The van der Waals surface area contributed by atoms with Gasteiger partial charge < -0.3 is 15.4 Å². The summed E-state index contributed by atoms with van der Waals surface area (Å²) in [5.74, 6) is -0.449. The number of halogens is 4. The molecule has 0 heterocycles. The molecule has 0 radical (unpaired) electrons. The van der Waals surface area contributed by atoms with Crippen molar-refractivity contribution in [1.82, 2.24) is 0 Å². The minimum Gasteiger partial charge on any atom is -0.462 e. The van der Waals surface area contributed by atoms with Crippen LogP contribution in [0, 0.1) is 0 Å². The van der Waals surface area contributed by atoms with E-state index in [-0.39, 0.29) is 22.4 Å². The van der Waals surface area contributed by atoms with E-state index < -0.39 is 17.7 Å². The SMILES string of the molecule is CCOC(=O)c1ccc(NC(=S)Nc2cc(C(F)(F)F)ccc2Cl)cc1. The number of benzene rings is 2. The maximum atomic E-state index is 12.8. The zero-order chi connectivity index (χ0) is 19.3. The number of ether oxygens (including phenoxy) is 1. The third-order valence-corrected chi connectivity index (χ3v) is 3.73. The van der Waals surface area contributed by atoms with Gasteiger partial charge in [-0.1, -0.05) is 11.6 Å². The second kappa shape index (κ2) is 8.37. The van der Waals surface area contributed by atoms with Crippen molar-refractivity contribution in [2.75, 3.05) is 17.2 Å². The summed E-state index contributed by atoms with van der Waals surface area (Å²) in [6, 6.07) is 9.17. The number of carbonyl (C=O) groups is 1. The third kappa shape index (κ3) is 5.34. The molecule has 0 saturated carbocycles. The number of anilines is 2. The molecule has 0 aliphatic heterocycles. The monoisotopic (exact) mass is 402 g/mol. The van der Waals surface area contributed by atoms with E-state index in [4.69, 9.17) is 28.6 Å². The summed E-state index contributed by atoms with van der Waals surface area (Å²) in [5, 5.41) is 5.58. The maximum Gasteiger partial charge on any atom is 0.416 e. The first-order valence-corrected chi connectivity index (χ1v) is 8.21. The summed E-state index contributed by atoms with van der Waals surface area (Å²) >= 11 is 11.0. The molecule has 0 amide bonds. The van der Waals surface area contributed by atoms with Crippen LogP contribution in [0.15, 0.2) is 42.5 Å². The number of alkyl halides is 3. The van der Waals surface area contributed by atoms with Gasteiger partial charge in [-0.25, -0.2) is 4.79 Å². The Balaban J connectivity index is 2.06. The molecule has 0 fully saturated rings. The minimum atomic E-state index is -4.49. The predicted molar refractivity (Wildman–Crippen MR) is 98.7 cm³/mol. The molecule has 9 heteroatoms. The van der Waals surface area contributed by atoms with Crippen LogP contribution in [0.2, 0.25) is 5.02 Å². The standard InChI is InChI=1S/C17H14ClF3N2O2S/c1-2-25-15(24)10-3-6-12(7-4-10)22-16(26)23-14-9-11(17(19,20)21)5-8-13(14)18/h3-9H,2H2,1H3,(H2,22,23,26). The Hall–Kier alpha value is -2.32. The summed E-state index contributed by atoms with van der Waals surface area (Å²) in [4.78, 5) is 11.6. The van der Waals surface area contributed by atoms with E-state index in [2.05, 4.69) is 10.6 Å². The molecule has 0 spiro atoms. The first-order valence-electron chi connectivity index (χ1n) is 7.42. The molecule has 0 atom stereocenters. The molecule has 0 bridgehead atoms. The van der Waals surface area contributed by atoms with Crippen LogP contribution in [0.1, 0.15) is 22.8 Å². The fourth-order valence-electron chi connectivity index (χ4n) is 1.99. The number of nitrogens with one attached hydrogen (secondary N) is 2. The van der Waals surface area contributed by atoms with E-state index >= 15 is 0 Å². The van der Waals surface area contributed by atoms with E-state index in [1.54, 1.807) is 31.2 Å². The van der Waals surface area contributed by atoms with Crippen molar-refractivity contribution in [3.8, 4) is 0 Å². The Morgan fingerprint density at radius 2 is 1.81 bits per heavy atom.